The van der Waals surface area contributed by atoms with Crippen LogP contribution in [0.3, 0.4) is 0 Å². The summed E-state index contributed by atoms with van der Waals surface area (Å²) in [5.74, 6) is 1.76. The van der Waals surface area contributed by atoms with Crippen LogP contribution in [0.25, 0.3) is 4.96 Å². The topological polar surface area (TPSA) is 72.3 Å². The number of anilines is 1. The average Bonchev–Trinajstić information content (AvgIpc) is 3.13. The maximum atomic E-state index is 5.10. The molecule has 8 heteroatoms. The van der Waals surface area contributed by atoms with E-state index in [-0.39, 0.29) is 0 Å². The highest BCUT2D eigenvalue weighted by molar-refractivity contribution is 7.20. The lowest BCUT2D eigenvalue weighted by molar-refractivity contribution is 0.377. The summed E-state index contributed by atoms with van der Waals surface area (Å²) in [5.41, 5.74) is 0.999. The Balaban J connectivity index is 1.58. The Morgan fingerprint density at radius 3 is 3.00 bits per heavy atom. The molecule has 7 nitrogen and oxygen atoms in total. The van der Waals surface area contributed by atoms with Crippen LogP contribution < -0.4 is 4.90 Å². The second-order valence-corrected chi connectivity index (χ2v) is 6.39. The maximum Gasteiger partial charge on any atom is 0.223 e. The second kappa shape index (κ2) is 4.80. The van der Waals surface area contributed by atoms with Crippen molar-refractivity contribution in [2.75, 3.05) is 18.0 Å². The van der Waals surface area contributed by atoms with Gasteiger partial charge < -0.3 is 9.42 Å². The molecule has 21 heavy (non-hydrogen) atoms. The van der Waals surface area contributed by atoms with Crippen LogP contribution in [0.1, 0.15) is 36.2 Å². The zero-order chi connectivity index (χ0) is 14.4. The number of imidazole rings is 1. The van der Waals surface area contributed by atoms with Crippen LogP contribution in [-0.4, -0.2) is 37.8 Å². The summed E-state index contributed by atoms with van der Waals surface area (Å²) >= 11 is 1.63. The van der Waals surface area contributed by atoms with Gasteiger partial charge in [0.25, 0.3) is 0 Å². The molecule has 4 heterocycles. The molecule has 0 bridgehead atoms. The van der Waals surface area contributed by atoms with Gasteiger partial charge in [-0.25, -0.2) is 9.50 Å². The molecule has 1 aliphatic rings. The zero-order valence-electron chi connectivity index (χ0n) is 12.0. The van der Waals surface area contributed by atoms with E-state index in [1.807, 2.05) is 24.6 Å². The fraction of sp³-hybridized carbons (Fsp3) is 0.538. The number of fused-ring (bicyclic) bond motifs is 1. The Kier molecular flexibility index (Phi) is 2.91. The van der Waals surface area contributed by atoms with Crippen molar-refractivity contribution in [3.8, 4) is 0 Å². The summed E-state index contributed by atoms with van der Waals surface area (Å²) in [6.07, 6.45) is 4.16. The molecular formula is C13H16N6OS. The molecule has 1 atom stereocenters. The van der Waals surface area contributed by atoms with E-state index in [2.05, 4.69) is 25.1 Å². The minimum absolute atomic E-state index is 0.314. The SMILES string of the molecule is Cc1cn2nc(N3CCC[C@H](c4noc(C)n4)C3)sc2n1. The van der Waals surface area contributed by atoms with Gasteiger partial charge in [-0.2, -0.15) is 4.98 Å². The van der Waals surface area contributed by atoms with Gasteiger partial charge in [0.1, 0.15) is 0 Å². The fourth-order valence-electron chi connectivity index (χ4n) is 2.77. The third kappa shape index (κ3) is 2.29. The van der Waals surface area contributed by atoms with Gasteiger partial charge in [-0.05, 0) is 19.8 Å². The van der Waals surface area contributed by atoms with E-state index in [0.717, 1.165) is 47.5 Å². The Labute approximate surface area is 125 Å². The Morgan fingerprint density at radius 1 is 1.33 bits per heavy atom. The summed E-state index contributed by atoms with van der Waals surface area (Å²) in [6, 6.07) is 0. The van der Waals surface area contributed by atoms with Crippen molar-refractivity contribution in [3.63, 3.8) is 0 Å². The van der Waals surface area contributed by atoms with Crippen LogP contribution in [0.5, 0.6) is 0 Å². The van der Waals surface area contributed by atoms with Crippen molar-refractivity contribution in [2.24, 2.45) is 0 Å². The molecule has 0 unspecified atom stereocenters. The second-order valence-electron chi connectivity index (χ2n) is 5.45. The normalized spacial score (nSPS) is 19.5. The molecule has 1 saturated heterocycles. The van der Waals surface area contributed by atoms with E-state index in [0.29, 0.717) is 11.8 Å². The van der Waals surface area contributed by atoms with Crippen molar-refractivity contribution in [1.29, 1.82) is 0 Å². The lowest BCUT2D eigenvalue weighted by atomic mass is 9.98. The highest BCUT2D eigenvalue weighted by Crippen LogP contribution is 2.31. The molecule has 0 aromatic carbocycles. The average molecular weight is 304 g/mol. The van der Waals surface area contributed by atoms with Crippen molar-refractivity contribution in [2.45, 2.75) is 32.6 Å². The van der Waals surface area contributed by atoms with Gasteiger partial charge in [0.05, 0.1) is 11.9 Å². The standard InChI is InChI=1S/C13H16N6OS/c1-8-6-19-12(14-8)21-13(16-19)18-5-3-4-10(7-18)11-15-9(2)20-17-11/h6,10H,3-5,7H2,1-2H3/t10-/m0/s1. The fourth-order valence-corrected chi connectivity index (χ4v) is 3.73. The first-order valence-corrected chi connectivity index (χ1v) is 7.88. The van der Waals surface area contributed by atoms with Gasteiger partial charge >= 0.3 is 0 Å². The number of piperidine rings is 1. The van der Waals surface area contributed by atoms with Crippen LogP contribution in [0.15, 0.2) is 10.7 Å². The van der Waals surface area contributed by atoms with Crippen LogP contribution in [0.2, 0.25) is 0 Å². The van der Waals surface area contributed by atoms with E-state index >= 15 is 0 Å². The Bertz CT molecular complexity index is 743. The van der Waals surface area contributed by atoms with Crippen molar-refractivity contribution >= 4 is 21.4 Å². The third-order valence-corrected chi connectivity index (χ3v) is 4.74. The molecule has 1 fully saturated rings. The summed E-state index contributed by atoms with van der Waals surface area (Å²) in [6.45, 7) is 5.71. The molecule has 0 saturated carbocycles. The van der Waals surface area contributed by atoms with Gasteiger partial charge in [-0.1, -0.05) is 16.5 Å². The van der Waals surface area contributed by atoms with Crippen LogP contribution in [0, 0.1) is 13.8 Å². The number of rotatable bonds is 2. The molecule has 4 rings (SSSR count). The lowest BCUT2D eigenvalue weighted by Gasteiger charge is -2.30. The predicted octanol–water partition coefficient (Wildman–Crippen LogP) is 2.17. The van der Waals surface area contributed by atoms with Gasteiger partial charge in [0, 0.05) is 25.9 Å². The minimum Gasteiger partial charge on any atom is -0.346 e. The smallest absolute Gasteiger partial charge is 0.223 e. The summed E-state index contributed by atoms with van der Waals surface area (Å²) in [7, 11) is 0. The molecule has 0 N–H and O–H groups in total. The lowest BCUT2D eigenvalue weighted by Crippen LogP contribution is -2.34. The molecule has 3 aromatic rings. The van der Waals surface area contributed by atoms with Crippen LogP contribution >= 0.6 is 11.3 Å². The summed E-state index contributed by atoms with van der Waals surface area (Å²) in [5, 5.41) is 9.71. The number of aryl methyl sites for hydroxylation is 2. The first-order valence-electron chi connectivity index (χ1n) is 7.07. The maximum absolute atomic E-state index is 5.10. The van der Waals surface area contributed by atoms with Crippen LogP contribution in [-0.2, 0) is 0 Å². The highest BCUT2D eigenvalue weighted by Gasteiger charge is 2.27. The Morgan fingerprint density at radius 2 is 2.24 bits per heavy atom. The van der Waals surface area contributed by atoms with Crippen molar-refractivity contribution in [3.05, 3.63) is 23.6 Å². The molecule has 110 valence electrons. The molecule has 0 aliphatic carbocycles. The number of aromatic nitrogens is 5. The van der Waals surface area contributed by atoms with E-state index < -0.39 is 0 Å². The largest absolute Gasteiger partial charge is 0.346 e. The van der Waals surface area contributed by atoms with Crippen molar-refractivity contribution in [1.82, 2.24) is 24.7 Å². The van der Waals surface area contributed by atoms with E-state index in [1.54, 1.807) is 11.3 Å². The van der Waals surface area contributed by atoms with Gasteiger partial charge in [-0.3, -0.25) is 0 Å². The minimum atomic E-state index is 0.314. The van der Waals surface area contributed by atoms with E-state index in [4.69, 9.17) is 4.52 Å². The van der Waals surface area contributed by atoms with E-state index in [1.165, 1.54) is 0 Å². The quantitative estimate of drug-likeness (QED) is 0.722. The number of hydrogen-bond donors (Lipinski definition) is 0. The van der Waals surface area contributed by atoms with E-state index in [9.17, 15) is 0 Å². The first-order chi connectivity index (χ1) is 10.2. The number of nitrogens with zero attached hydrogens (tertiary/aromatic N) is 6. The van der Waals surface area contributed by atoms with Crippen molar-refractivity contribution < 1.29 is 4.52 Å². The molecular weight excluding hydrogens is 288 g/mol. The summed E-state index contributed by atoms with van der Waals surface area (Å²) in [4.78, 5) is 12.1. The number of hydrogen-bond acceptors (Lipinski definition) is 7. The van der Waals surface area contributed by atoms with Gasteiger partial charge in [0.15, 0.2) is 5.82 Å². The van der Waals surface area contributed by atoms with Gasteiger partial charge in [0.2, 0.25) is 16.0 Å². The predicted molar refractivity (Wildman–Crippen MR) is 78.8 cm³/mol. The third-order valence-electron chi connectivity index (χ3n) is 3.75. The van der Waals surface area contributed by atoms with Gasteiger partial charge in [-0.15, -0.1) is 5.10 Å². The molecule has 0 spiro atoms. The Hall–Kier alpha value is -1.96. The highest BCUT2D eigenvalue weighted by atomic mass is 32.1. The zero-order valence-corrected chi connectivity index (χ0v) is 12.8. The molecule has 3 aromatic heterocycles. The molecule has 1 aliphatic heterocycles. The molecule has 0 amide bonds. The first kappa shape index (κ1) is 12.8. The molecule has 0 radical (unpaired) electrons. The summed E-state index contributed by atoms with van der Waals surface area (Å²) < 4.78 is 6.96. The monoisotopic (exact) mass is 304 g/mol. The van der Waals surface area contributed by atoms with Crippen LogP contribution in [0.4, 0.5) is 5.13 Å².